The molecule has 2 aromatic rings. The monoisotopic (exact) mass is 416 g/mol. The summed E-state index contributed by atoms with van der Waals surface area (Å²) in [5.41, 5.74) is 2.21. The Labute approximate surface area is 172 Å². The van der Waals surface area contributed by atoms with Crippen LogP contribution in [-0.4, -0.2) is 51.5 Å². The number of benzene rings is 2. The molecule has 1 amide bonds. The molecule has 0 saturated carbocycles. The molecule has 1 atom stereocenters. The van der Waals surface area contributed by atoms with Crippen LogP contribution in [0.1, 0.15) is 41.3 Å². The molecule has 1 fully saturated rings. The molecule has 29 heavy (non-hydrogen) atoms. The molecule has 1 unspecified atom stereocenters. The quantitative estimate of drug-likeness (QED) is 0.753. The first-order chi connectivity index (χ1) is 13.9. The minimum atomic E-state index is -3.66. The molecular weight excluding hydrogens is 388 g/mol. The van der Waals surface area contributed by atoms with Crippen molar-refractivity contribution in [2.24, 2.45) is 0 Å². The fourth-order valence-electron chi connectivity index (χ4n) is 3.40. The van der Waals surface area contributed by atoms with E-state index in [-0.39, 0.29) is 16.7 Å². The van der Waals surface area contributed by atoms with Crippen molar-refractivity contribution >= 4 is 15.9 Å². The van der Waals surface area contributed by atoms with Crippen LogP contribution in [0, 0.1) is 0 Å². The Hall–Kier alpha value is -2.22. The molecule has 0 bridgehead atoms. The maximum absolute atomic E-state index is 13.1. The fraction of sp³-hybridized carbons (Fsp3) is 0.409. The zero-order chi connectivity index (χ0) is 20.9. The van der Waals surface area contributed by atoms with Crippen LogP contribution in [0.5, 0.6) is 0 Å². The lowest BCUT2D eigenvalue weighted by Crippen LogP contribution is -2.41. The lowest BCUT2D eigenvalue weighted by atomic mass is 10.0. The van der Waals surface area contributed by atoms with E-state index in [0.717, 1.165) is 5.56 Å². The maximum Gasteiger partial charge on any atom is 0.251 e. The van der Waals surface area contributed by atoms with Crippen molar-refractivity contribution in [3.63, 3.8) is 0 Å². The van der Waals surface area contributed by atoms with Crippen molar-refractivity contribution in [3.8, 4) is 0 Å². The molecule has 1 aliphatic heterocycles. The van der Waals surface area contributed by atoms with Gasteiger partial charge in [-0.05, 0) is 35.6 Å². The molecule has 1 saturated heterocycles. The van der Waals surface area contributed by atoms with E-state index in [1.54, 1.807) is 12.1 Å². The van der Waals surface area contributed by atoms with Crippen molar-refractivity contribution in [1.82, 2.24) is 9.62 Å². The first-order valence-corrected chi connectivity index (χ1v) is 11.4. The van der Waals surface area contributed by atoms with Crippen LogP contribution in [-0.2, 0) is 21.2 Å². The molecular formula is C22H28N2O4S. The molecule has 0 spiro atoms. The number of sulfonamides is 1. The number of carbonyl (C=O) groups excluding carboxylic acids is 1. The van der Waals surface area contributed by atoms with Crippen LogP contribution in [0.15, 0.2) is 53.4 Å². The van der Waals surface area contributed by atoms with Crippen LogP contribution in [0.25, 0.3) is 0 Å². The highest BCUT2D eigenvalue weighted by atomic mass is 32.2. The van der Waals surface area contributed by atoms with Crippen molar-refractivity contribution in [2.75, 3.05) is 32.8 Å². The molecule has 6 nitrogen and oxygen atoms in total. The Balaban J connectivity index is 1.78. The highest BCUT2D eigenvalue weighted by Crippen LogP contribution is 2.23. The lowest BCUT2D eigenvalue weighted by molar-refractivity contribution is 0.0730. The summed E-state index contributed by atoms with van der Waals surface area (Å²) >= 11 is 0. The Kier molecular flexibility index (Phi) is 7.05. The second-order valence-corrected chi connectivity index (χ2v) is 9.12. The molecule has 1 heterocycles. The molecule has 0 radical (unpaired) electrons. The summed E-state index contributed by atoms with van der Waals surface area (Å²) in [4.78, 5) is 12.9. The third kappa shape index (κ3) is 5.04. The predicted octanol–water partition coefficient (Wildman–Crippen LogP) is 2.80. The first-order valence-electron chi connectivity index (χ1n) is 9.97. The number of nitrogens with zero attached hydrogens (tertiary/aromatic N) is 1. The van der Waals surface area contributed by atoms with E-state index < -0.39 is 10.0 Å². The predicted molar refractivity (Wildman–Crippen MR) is 113 cm³/mol. The summed E-state index contributed by atoms with van der Waals surface area (Å²) in [6.07, 6.45) is 0.575. The normalized spacial score (nSPS) is 16.3. The van der Waals surface area contributed by atoms with Gasteiger partial charge in [-0.25, -0.2) is 8.42 Å². The van der Waals surface area contributed by atoms with Gasteiger partial charge in [-0.1, -0.05) is 50.2 Å². The fourth-order valence-corrected chi connectivity index (χ4v) is 5.13. The lowest BCUT2D eigenvalue weighted by Gasteiger charge is -2.27. The third-order valence-electron chi connectivity index (χ3n) is 5.24. The minimum absolute atomic E-state index is 0.159. The highest BCUT2D eigenvalue weighted by Gasteiger charge is 2.29. The summed E-state index contributed by atoms with van der Waals surface area (Å²) in [6.45, 7) is 5.87. The summed E-state index contributed by atoms with van der Waals surface area (Å²) in [5.74, 6) is -0.111. The number of nitrogens with one attached hydrogen (secondary N) is 1. The Morgan fingerprint density at radius 2 is 1.83 bits per heavy atom. The third-order valence-corrected chi connectivity index (χ3v) is 7.22. The number of ether oxygens (including phenoxy) is 1. The maximum atomic E-state index is 13.1. The second kappa shape index (κ2) is 9.52. The molecule has 1 aliphatic rings. The van der Waals surface area contributed by atoms with Gasteiger partial charge in [0.1, 0.15) is 0 Å². The molecule has 0 aliphatic carbocycles. The Morgan fingerprint density at radius 3 is 2.48 bits per heavy atom. The van der Waals surface area contributed by atoms with Gasteiger partial charge in [0.15, 0.2) is 0 Å². The van der Waals surface area contributed by atoms with E-state index >= 15 is 0 Å². The van der Waals surface area contributed by atoms with E-state index in [1.165, 1.54) is 10.4 Å². The average molecular weight is 417 g/mol. The number of hydrogen-bond donors (Lipinski definition) is 1. The van der Waals surface area contributed by atoms with E-state index in [0.29, 0.717) is 50.4 Å². The molecule has 156 valence electrons. The molecule has 2 aromatic carbocycles. The number of amides is 1. The smallest absolute Gasteiger partial charge is 0.251 e. The highest BCUT2D eigenvalue weighted by molar-refractivity contribution is 7.89. The topological polar surface area (TPSA) is 75.7 Å². The van der Waals surface area contributed by atoms with E-state index in [2.05, 4.69) is 5.32 Å². The van der Waals surface area contributed by atoms with Gasteiger partial charge in [0.25, 0.3) is 5.91 Å². The first kappa shape index (κ1) is 21.5. The standard InChI is InChI=1S/C22H28N2O4S/c1-3-18-9-10-20(15-21(18)29(26,27)24-11-13-28-14-12-24)22(25)23-16-17(2)19-7-5-4-6-8-19/h4-10,15,17H,3,11-14,16H2,1-2H3,(H,23,25). The van der Waals surface area contributed by atoms with Gasteiger partial charge < -0.3 is 10.1 Å². The van der Waals surface area contributed by atoms with Gasteiger partial charge in [0.05, 0.1) is 18.1 Å². The van der Waals surface area contributed by atoms with Crippen molar-refractivity contribution in [1.29, 1.82) is 0 Å². The van der Waals surface area contributed by atoms with E-state index in [1.807, 2.05) is 44.2 Å². The van der Waals surface area contributed by atoms with Gasteiger partial charge in [-0.2, -0.15) is 4.31 Å². The van der Waals surface area contributed by atoms with Crippen LogP contribution in [0.4, 0.5) is 0 Å². The largest absolute Gasteiger partial charge is 0.379 e. The van der Waals surface area contributed by atoms with Crippen molar-refractivity contribution < 1.29 is 17.9 Å². The number of morpholine rings is 1. The molecule has 7 heteroatoms. The van der Waals surface area contributed by atoms with Crippen LogP contribution in [0.2, 0.25) is 0 Å². The molecule has 3 rings (SSSR count). The Morgan fingerprint density at radius 1 is 1.14 bits per heavy atom. The average Bonchev–Trinajstić information content (AvgIpc) is 2.77. The number of aryl methyl sites for hydroxylation is 1. The van der Waals surface area contributed by atoms with Crippen LogP contribution >= 0.6 is 0 Å². The summed E-state index contributed by atoms with van der Waals surface area (Å²) in [5, 5.41) is 2.93. The van der Waals surface area contributed by atoms with Crippen molar-refractivity contribution in [3.05, 3.63) is 65.2 Å². The second-order valence-electron chi connectivity index (χ2n) is 7.21. The van der Waals surface area contributed by atoms with Crippen LogP contribution in [0.3, 0.4) is 0 Å². The van der Waals surface area contributed by atoms with E-state index in [9.17, 15) is 13.2 Å². The van der Waals surface area contributed by atoms with Gasteiger partial charge in [-0.15, -0.1) is 0 Å². The number of hydrogen-bond acceptors (Lipinski definition) is 4. The summed E-state index contributed by atoms with van der Waals surface area (Å²) < 4.78 is 33.0. The summed E-state index contributed by atoms with van der Waals surface area (Å²) in [7, 11) is -3.66. The van der Waals surface area contributed by atoms with Crippen molar-refractivity contribution in [2.45, 2.75) is 31.1 Å². The van der Waals surface area contributed by atoms with E-state index in [4.69, 9.17) is 4.74 Å². The zero-order valence-corrected chi connectivity index (χ0v) is 17.7. The van der Waals surface area contributed by atoms with Gasteiger partial charge in [0, 0.05) is 25.2 Å². The Bertz CT molecular complexity index is 939. The molecule has 0 aromatic heterocycles. The zero-order valence-electron chi connectivity index (χ0n) is 16.9. The van der Waals surface area contributed by atoms with Gasteiger partial charge in [-0.3, -0.25) is 4.79 Å². The van der Waals surface area contributed by atoms with Gasteiger partial charge >= 0.3 is 0 Å². The molecule has 1 N–H and O–H groups in total. The minimum Gasteiger partial charge on any atom is -0.379 e. The van der Waals surface area contributed by atoms with Gasteiger partial charge in [0.2, 0.25) is 10.0 Å². The summed E-state index contributed by atoms with van der Waals surface area (Å²) in [6, 6.07) is 14.9. The number of carbonyl (C=O) groups is 1. The van der Waals surface area contributed by atoms with Crippen LogP contribution < -0.4 is 5.32 Å². The number of rotatable bonds is 7. The SMILES string of the molecule is CCc1ccc(C(=O)NCC(C)c2ccccc2)cc1S(=O)(=O)N1CCOCC1.